The number of aliphatic hydroxyl groups is 1. The molecule has 1 fully saturated rings. The van der Waals surface area contributed by atoms with E-state index < -0.39 is 6.29 Å². The van der Waals surface area contributed by atoms with Crippen molar-refractivity contribution in [1.29, 1.82) is 0 Å². The first-order valence-corrected chi connectivity index (χ1v) is 8.37. The molecule has 128 valence electrons. The normalized spacial score (nSPS) is 27.1. The van der Waals surface area contributed by atoms with E-state index in [1.807, 2.05) is 67.6 Å². The minimum absolute atomic E-state index is 0.201. The maximum absolute atomic E-state index is 9.89. The van der Waals surface area contributed by atoms with Crippen molar-refractivity contribution in [2.24, 2.45) is 0 Å². The van der Waals surface area contributed by atoms with Crippen LogP contribution in [-0.2, 0) is 27.4 Å². The lowest BCUT2D eigenvalue weighted by Gasteiger charge is -2.38. The van der Waals surface area contributed by atoms with Gasteiger partial charge in [-0.05, 0) is 18.1 Å². The minimum atomic E-state index is -0.808. The highest BCUT2D eigenvalue weighted by Gasteiger charge is 2.37. The molecule has 3 rings (SSSR count). The van der Waals surface area contributed by atoms with E-state index >= 15 is 0 Å². The zero-order valence-electron chi connectivity index (χ0n) is 13.9. The van der Waals surface area contributed by atoms with Gasteiger partial charge in [0.25, 0.3) is 0 Å². The van der Waals surface area contributed by atoms with E-state index in [1.165, 1.54) is 0 Å². The molecule has 2 aromatic rings. The zero-order chi connectivity index (χ0) is 16.8. The molecule has 0 saturated carbocycles. The molecule has 0 spiro atoms. The Hall–Kier alpha value is -1.72. The Labute approximate surface area is 143 Å². The fraction of sp³-hybridized carbons (Fsp3) is 0.400. The molecule has 0 radical (unpaired) electrons. The molecular weight excluding hydrogens is 304 g/mol. The van der Waals surface area contributed by atoms with E-state index in [-0.39, 0.29) is 18.3 Å². The van der Waals surface area contributed by atoms with Gasteiger partial charge in [0.15, 0.2) is 6.29 Å². The predicted molar refractivity (Wildman–Crippen MR) is 91.2 cm³/mol. The van der Waals surface area contributed by atoms with Crippen molar-refractivity contribution in [3.63, 3.8) is 0 Å². The Kier molecular flexibility index (Phi) is 5.99. The van der Waals surface area contributed by atoms with Crippen LogP contribution < -0.4 is 0 Å². The van der Waals surface area contributed by atoms with E-state index in [1.54, 1.807) is 0 Å². The second-order valence-corrected chi connectivity index (χ2v) is 6.13. The molecule has 1 heterocycles. The van der Waals surface area contributed by atoms with Crippen LogP contribution in [0.5, 0.6) is 0 Å². The Morgan fingerprint density at radius 2 is 1.46 bits per heavy atom. The molecule has 24 heavy (non-hydrogen) atoms. The molecule has 1 N–H and O–H groups in total. The van der Waals surface area contributed by atoms with Gasteiger partial charge in [0.1, 0.15) is 6.10 Å². The van der Waals surface area contributed by atoms with Crippen molar-refractivity contribution in [3.05, 3.63) is 71.8 Å². The van der Waals surface area contributed by atoms with Gasteiger partial charge in [0, 0.05) is 6.42 Å². The van der Waals surface area contributed by atoms with Crippen molar-refractivity contribution in [3.8, 4) is 0 Å². The van der Waals surface area contributed by atoms with E-state index in [2.05, 4.69) is 0 Å². The standard InChI is InChI=1S/C20H24O4/c1-15-20(23-14-17-10-6-3-7-11-17)18(12-19(21)24-15)22-13-16-8-4-2-5-9-16/h2-11,15,18-21H,12-14H2,1H3/t15-,18-,19-,20-/m1/s1. The van der Waals surface area contributed by atoms with Gasteiger partial charge in [-0.1, -0.05) is 60.7 Å². The Balaban J connectivity index is 1.61. The van der Waals surface area contributed by atoms with E-state index in [0.717, 1.165) is 11.1 Å². The summed E-state index contributed by atoms with van der Waals surface area (Å²) in [4.78, 5) is 0. The summed E-state index contributed by atoms with van der Waals surface area (Å²) in [6.07, 6.45) is -1.03. The maximum atomic E-state index is 9.89. The van der Waals surface area contributed by atoms with E-state index in [0.29, 0.717) is 19.6 Å². The number of hydrogen-bond donors (Lipinski definition) is 1. The Bertz CT molecular complexity index is 602. The van der Waals surface area contributed by atoms with Crippen LogP contribution in [0.15, 0.2) is 60.7 Å². The minimum Gasteiger partial charge on any atom is -0.371 e. The van der Waals surface area contributed by atoms with Crippen molar-refractivity contribution in [2.45, 2.75) is 51.2 Å². The summed E-state index contributed by atoms with van der Waals surface area (Å²) < 4.78 is 17.6. The van der Waals surface area contributed by atoms with E-state index in [9.17, 15) is 5.11 Å². The predicted octanol–water partition coefficient (Wildman–Crippen LogP) is 3.28. The molecule has 0 aliphatic carbocycles. The summed E-state index contributed by atoms with van der Waals surface area (Å²) in [7, 11) is 0. The molecule has 0 bridgehead atoms. The molecule has 0 aromatic heterocycles. The molecule has 4 nitrogen and oxygen atoms in total. The first kappa shape index (κ1) is 17.1. The molecule has 4 heteroatoms. The highest BCUT2D eigenvalue weighted by Crippen LogP contribution is 2.26. The fourth-order valence-corrected chi connectivity index (χ4v) is 2.97. The van der Waals surface area contributed by atoms with Crippen LogP contribution in [-0.4, -0.2) is 29.7 Å². The number of rotatable bonds is 6. The second kappa shape index (κ2) is 8.40. The van der Waals surface area contributed by atoms with Crippen molar-refractivity contribution < 1.29 is 19.3 Å². The van der Waals surface area contributed by atoms with Gasteiger partial charge in [-0.15, -0.1) is 0 Å². The smallest absolute Gasteiger partial charge is 0.157 e. The lowest BCUT2D eigenvalue weighted by Crippen LogP contribution is -2.49. The van der Waals surface area contributed by atoms with Crippen LogP contribution in [0.3, 0.4) is 0 Å². The third kappa shape index (κ3) is 4.65. The first-order chi connectivity index (χ1) is 11.7. The molecule has 2 aromatic carbocycles. The lowest BCUT2D eigenvalue weighted by atomic mass is 10.0. The summed E-state index contributed by atoms with van der Waals surface area (Å²) in [6, 6.07) is 20.0. The monoisotopic (exact) mass is 328 g/mol. The molecule has 1 saturated heterocycles. The Morgan fingerprint density at radius 1 is 0.917 bits per heavy atom. The van der Waals surface area contributed by atoms with Gasteiger partial charge in [-0.2, -0.15) is 0 Å². The van der Waals surface area contributed by atoms with Gasteiger partial charge < -0.3 is 19.3 Å². The summed E-state index contributed by atoms with van der Waals surface area (Å²) in [6.45, 7) is 2.91. The van der Waals surface area contributed by atoms with Gasteiger partial charge in [0.05, 0.1) is 25.4 Å². The average molecular weight is 328 g/mol. The summed E-state index contributed by atoms with van der Waals surface area (Å²) >= 11 is 0. The van der Waals surface area contributed by atoms with Crippen LogP contribution in [0.2, 0.25) is 0 Å². The SMILES string of the molecule is C[C@H]1O[C@@H](O)C[C@@H](OCc2ccccc2)[C@@H]1OCc1ccccc1. The van der Waals surface area contributed by atoms with Crippen LogP contribution >= 0.6 is 0 Å². The number of aliphatic hydroxyl groups excluding tert-OH is 1. The molecule has 0 amide bonds. The zero-order valence-corrected chi connectivity index (χ0v) is 13.9. The van der Waals surface area contributed by atoms with Gasteiger partial charge >= 0.3 is 0 Å². The summed E-state index contributed by atoms with van der Waals surface area (Å²) in [5.41, 5.74) is 2.21. The number of ether oxygens (including phenoxy) is 3. The van der Waals surface area contributed by atoms with Crippen molar-refractivity contribution in [2.75, 3.05) is 0 Å². The van der Waals surface area contributed by atoms with E-state index in [4.69, 9.17) is 14.2 Å². The summed E-state index contributed by atoms with van der Waals surface area (Å²) in [5, 5.41) is 9.89. The highest BCUT2D eigenvalue weighted by molar-refractivity contribution is 5.14. The van der Waals surface area contributed by atoms with Gasteiger partial charge in [-0.25, -0.2) is 0 Å². The number of hydrogen-bond acceptors (Lipinski definition) is 4. The third-order valence-corrected chi connectivity index (χ3v) is 4.23. The average Bonchev–Trinajstić information content (AvgIpc) is 2.61. The summed E-state index contributed by atoms with van der Waals surface area (Å²) in [5.74, 6) is 0. The van der Waals surface area contributed by atoms with Crippen LogP contribution in [0, 0.1) is 0 Å². The first-order valence-electron chi connectivity index (χ1n) is 8.37. The molecule has 0 unspecified atom stereocenters. The van der Waals surface area contributed by atoms with Crippen LogP contribution in [0.4, 0.5) is 0 Å². The molecule has 1 aliphatic heterocycles. The van der Waals surface area contributed by atoms with Crippen molar-refractivity contribution in [1.82, 2.24) is 0 Å². The van der Waals surface area contributed by atoms with Crippen LogP contribution in [0.25, 0.3) is 0 Å². The maximum Gasteiger partial charge on any atom is 0.157 e. The van der Waals surface area contributed by atoms with Gasteiger partial charge in [0.2, 0.25) is 0 Å². The fourth-order valence-electron chi connectivity index (χ4n) is 2.97. The highest BCUT2D eigenvalue weighted by atomic mass is 16.6. The molecule has 1 aliphatic rings. The Morgan fingerprint density at radius 3 is 2.04 bits per heavy atom. The lowest BCUT2D eigenvalue weighted by molar-refractivity contribution is -0.251. The van der Waals surface area contributed by atoms with Crippen LogP contribution in [0.1, 0.15) is 24.5 Å². The largest absolute Gasteiger partial charge is 0.371 e. The topological polar surface area (TPSA) is 47.9 Å². The van der Waals surface area contributed by atoms with Gasteiger partial charge in [-0.3, -0.25) is 0 Å². The second-order valence-electron chi connectivity index (χ2n) is 6.13. The van der Waals surface area contributed by atoms with Crippen molar-refractivity contribution >= 4 is 0 Å². The molecule has 4 atom stereocenters. The third-order valence-electron chi connectivity index (χ3n) is 4.23. The quantitative estimate of drug-likeness (QED) is 0.884. The molecular formula is C20H24O4. The number of benzene rings is 2.